The van der Waals surface area contributed by atoms with Crippen LogP contribution < -0.4 is 4.18 Å². The van der Waals surface area contributed by atoms with Gasteiger partial charge < -0.3 is 4.18 Å². The summed E-state index contributed by atoms with van der Waals surface area (Å²) in [6.45, 7) is 6.16. The maximum atomic E-state index is 12.2. The number of nitrogens with zero attached hydrogens (tertiary/aromatic N) is 1. The highest BCUT2D eigenvalue weighted by Crippen LogP contribution is 2.26. The fourth-order valence-corrected chi connectivity index (χ4v) is 2.85. The van der Waals surface area contributed by atoms with Crippen molar-refractivity contribution in [2.75, 3.05) is 0 Å². The van der Waals surface area contributed by atoms with Gasteiger partial charge in [0.25, 0.3) is 5.69 Å². The lowest BCUT2D eigenvalue weighted by Crippen LogP contribution is -2.12. The molecule has 0 saturated carbocycles. The molecule has 0 aliphatic heterocycles. The van der Waals surface area contributed by atoms with Gasteiger partial charge in [-0.3, -0.25) is 10.1 Å². The topological polar surface area (TPSA) is 86.5 Å². The van der Waals surface area contributed by atoms with Crippen LogP contribution in [0.25, 0.3) is 0 Å². The van der Waals surface area contributed by atoms with E-state index >= 15 is 0 Å². The Morgan fingerprint density at radius 2 is 1.48 bits per heavy atom. The molecule has 122 valence electrons. The summed E-state index contributed by atoms with van der Waals surface area (Å²) in [5.74, 6) is 0.191. The minimum atomic E-state index is -4.03. The smallest absolute Gasteiger partial charge is 0.339 e. The lowest BCUT2D eigenvalue weighted by Gasteiger charge is -2.19. The van der Waals surface area contributed by atoms with E-state index in [0.29, 0.717) is 0 Å². The van der Waals surface area contributed by atoms with Crippen molar-refractivity contribution in [3.8, 4) is 5.75 Å². The summed E-state index contributed by atoms with van der Waals surface area (Å²) < 4.78 is 29.4. The lowest BCUT2D eigenvalue weighted by atomic mass is 9.87. The Morgan fingerprint density at radius 1 is 0.957 bits per heavy atom. The molecule has 0 aromatic heterocycles. The fraction of sp³-hybridized carbons (Fsp3) is 0.250. The summed E-state index contributed by atoms with van der Waals surface area (Å²) in [6, 6.07) is 11.3. The minimum Gasteiger partial charge on any atom is -0.379 e. The average Bonchev–Trinajstić information content (AvgIpc) is 2.46. The summed E-state index contributed by atoms with van der Waals surface area (Å²) in [7, 11) is -4.03. The van der Waals surface area contributed by atoms with Crippen LogP contribution in [0.3, 0.4) is 0 Å². The van der Waals surface area contributed by atoms with Gasteiger partial charge in [-0.1, -0.05) is 32.9 Å². The van der Waals surface area contributed by atoms with Crippen LogP contribution in [0.1, 0.15) is 26.3 Å². The number of non-ortho nitro benzene ring substituents is 1. The second-order valence-electron chi connectivity index (χ2n) is 6.06. The molecule has 2 rings (SSSR count). The molecule has 0 fully saturated rings. The van der Waals surface area contributed by atoms with Crippen molar-refractivity contribution in [3.05, 3.63) is 64.2 Å². The molecule has 0 radical (unpaired) electrons. The molecular formula is C16H17NO5S. The van der Waals surface area contributed by atoms with Crippen LogP contribution in [0.15, 0.2) is 53.4 Å². The second kappa shape index (κ2) is 6.00. The predicted molar refractivity (Wildman–Crippen MR) is 86.1 cm³/mol. The molecule has 6 nitrogen and oxygen atoms in total. The van der Waals surface area contributed by atoms with Gasteiger partial charge in [-0.2, -0.15) is 8.42 Å². The molecule has 0 heterocycles. The molecule has 0 aliphatic carbocycles. The fourth-order valence-electron chi connectivity index (χ4n) is 1.92. The van der Waals surface area contributed by atoms with Crippen LogP contribution in [-0.2, 0) is 15.5 Å². The van der Waals surface area contributed by atoms with Crippen molar-refractivity contribution in [1.82, 2.24) is 0 Å². The molecular weight excluding hydrogens is 318 g/mol. The molecule has 0 saturated heterocycles. The van der Waals surface area contributed by atoms with Gasteiger partial charge in [0.05, 0.1) is 4.92 Å². The first-order chi connectivity index (χ1) is 10.6. The van der Waals surface area contributed by atoms with E-state index in [1.807, 2.05) is 0 Å². The first kappa shape index (κ1) is 17.0. The van der Waals surface area contributed by atoms with E-state index in [-0.39, 0.29) is 21.7 Å². The van der Waals surface area contributed by atoms with E-state index < -0.39 is 15.0 Å². The molecule has 0 spiro atoms. The summed E-state index contributed by atoms with van der Waals surface area (Å²) >= 11 is 0. The number of rotatable bonds is 4. The Kier molecular flexibility index (Phi) is 4.42. The summed E-state index contributed by atoms with van der Waals surface area (Å²) in [6.07, 6.45) is 0. The Hall–Kier alpha value is -2.41. The molecule has 0 amide bonds. The molecule has 23 heavy (non-hydrogen) atoms. The van der Waals surface area contributed by atoms with Crippen molar-refractivity contribution in [3.63, 3.8) is 0 Å². The zero-order valence-corrected chi connectivity index (χ0v) is 13.8. The molecule has 2 aromatic carbocycles. The second-order valence-corrected chi connectivity index (χ2v) is 7.61. The highest BCUT2D eigenvalue weighted by atomic mass is 32.2. The summed E-state index contributed by atoms with van der Waals surface area (Å²) in [5.41, 5.74) is 0.825. The first-order valence-corrected chi connectivity index (χ1v) is 8.30. The summed E-state index contributed by atoms with van der Waals surface area (Å²) in [4.78, 5) is 9.86. The third-order valence-corrected chi connectivity index (χ3v) is 4.52. The van der Waals surface area contributed by atoms with Crippen LogP contribution in [0.4, 0.5) is 5.69 Å². The van der Waals surface area contributed by atoms with Crippen LogP contribution in [-0.4, -0.2) is 13.3 Å². The van der Waals surface area contributed by atoms with Crippen molar-refractivity contribution >= 4 is 15.8 Å². The molecule has 0 bridgehead atoms. The van der Waals surface area contributed by atoms with E-state index in [0.717, 1.165) is 29.8 Å². The van der Waals surface area contributed by atoms with Gasteiger partial charge in [0.1, 0.15) is 10.6 Å². The quantitative estimate of drug-likeness (QED) is 0.483. The Labute approximate surface area is 135 Å². The number of hydrogen-bond donors (Lipinski definition) is 0. The van der Waals surface area contributed by atoms with Crippen LogP contribution >= 0.6 is 0 Å². The molecule has 2 aromatic rings. The van der Waals surface area contributed by atoms with Crippen LogP contribution in [0.5, 0.6) is 5.75 Å². The number of benzene rings is 2. The van der Waals surface area contributed by atoms with Gasteiger partial charge in [-0.25, -0.2) is 0 Å². The van der Waals surface area contributed by atoms with E-state index in [1.54, 1.807) is 24.3 Å². The van der Waals surface area contributed by atoms with Gasteiger partial charge in [-0.05, 0) is 35.2 Å². The number of hydrogen-bond acceptors (Lipinski definition) is 5. The van der Waals surface area contributed by atoms with Gasteiger partial charge >= 0.3 is 10.1 Å². The number of nitro groups is 1. The molecule has 0 aliphatic rings. The van der Waals surface area contributed by atoms with Crippen molar-refractivity contribution in [2.24, 2.45) is 0 Å². The molecule has 0 unspecified atom stereocenters. The normalized spacial score (nSPS) is 12.0. The van der Waals surface area contributed by atoms with Crippen molar-refractivity contribution in [2.45, 2.75) is 31.1 Å². The standard InChI is InChI=1S/C16H17NO5S/c1-16(2,3)12-4-8-14(9-5-12)22-23(20,21)15-10-6-13(7-11-15)17(18)19/h4-11H,1-3H3. The third-order valence-electron chi connectivity index (χ3n) is 3.26. The monoisotopic (exact) mass is 335 g/mol. The Morgan fingerprint density at radius 3 is 1.91 bits per heavy atom. The van der Waals surface area contributed by atoms with Gasteiger partial charge in [0.15, 0.2) is 0 Å². The summed E-state index contributed by atoms with van der Waals surface area (Å²) in [5, 5.41) is 10.6. The molecule has 0 atom stereocenters. The zero-order valence-electron chi connectivity index (χ0n) is 13.0. The SMILES string of the molecule is CC(C)(C)c1ccc(OS(=O)(=O)c2ccc([N+](=O)[O-])cc2)cc1. The lowest BCUT2D eigenvalue weighted by molar-refractivity contribution is -0.384. The average molecular weight is 335 g/mol. The van der Waals surface area contributed by atoms with Gasteiger partial charge in [-0.15, -0.1) is 0 Å². The first-order valence-electron chi connectivity index (χ1n) is 6.89. The van der Waals surface area contributed by atoms with E-state index in [1.165, 1.54) is 0 Å². The van der Waals surface area contributed by atoms with Crippen molar-refractivity contribution < 1.29 is 17.5 Å². The minimum absolute atomic E-state index is 0.0459. The third kappa shape index (κ3) is 4.07. The van der Waals surface area contributed by atoms with Crippen LogP contribution in [0.2, 0.25) is 0 Å². The molecule has 7 heteroatoms. The Balaban J connectivity index is 2.22. The van der Waals surface area contributed by atoms with Gasteiger partial charge in [0.2, 0.25) is 0 Å². The predicted octanol–water partition coefficient (Wildman–Crippen LogP) is 3.66. The molecule has 0 N–H and O–H groups in total. The Bertz CT molecular complexity index is 803. The zero-order chi connectivity index (χ0) is 17.3. The van der Waals surface area contributed by atoms with E-state index in [4.69, 9.17) is 4.18 Å². The van der Waals surface area contributed by atoms with Crippen molar-refractivity contribution in [1.29, 1.82) is 0 Å². The van der Waals surface area contributed by atoms with Gasteiger partial charge in [0, 0.05) is 12.1 Å². The largest absolute Gasteiger partial charge is 0.379 e. The van der Waals surface area contributed by atoms with Crippen LogP contribution in [0, 0.1) is 10.1 Å². The maximum Gasteiger partial charge on any atom is 0.339 e. The van der Waals surface area contributed by atoms with E-state index in [2.05, 4.69) is 20.8 Å². The maximum absolute atomic E-state index is 12.2. The number of nitro benzene ring substituents is 1. The van der Waals surface area contributed by atoms with E-state index in [9.17, 15) is 18.5 Å². The highest BCUT2D eigenvalue weighted by molar-refractivity contribution is 7.87. The highest BCUT2D eigenvalue weighted by Gasteiger charge is 2.19.